The van der Waals surface area contributed by atoms with Gasteiger partial charge in [-0.25, -0.2) is 9.59 Å². The van der Waals surface area contributed by atoms with Gasteiger partial charge in [0.2, 0.25) is 0 Å². The molecule has 1 heterocycles. The summed E-state index contributed by atoms with van der Waals surface area (Å²) >= 11 is 6.30. The molecule has 2 atom stereocenters. The number of rotatable bonds is 14. The van der Waals surface area contributed by atoms with E-state index in [1.54, 1.807) is 18.2 Å². The van der Waals surface area contributed by atoms with Crippen molar-refractivity contribution in [3.05, 3.63) is 87.7 Å². The number of ether oxygens (including phenoxy) is 4. The summed E-state index contributed by atoms with van der Waals surface area (Å²) in [5, 5.41) is 15.2. The van der Waals surface area contributed by atoms with E-state index >= 15 is 0 Å². The van der Waals surface area contributed by atoms with Crippen LogP contribution in [0.5, 0.6) is 5.75 Å². The van der Waals surface area contributed by atoms with E-state index < -0.39 is 41.4 Å². The molecule has 9 nitrogen and oxygen atoms in total. The number of aliphatic hydroxyl groups is 1. The third kappa shape index (κ3) is 8.96. The molecule has 3 rings (SSSR count). The number of benzene rings is 2. The maximum absolute atomic E-state index is 14.0. The summed E-state index contributed by atoms with van der Waals surface area (Å²) in [6, 6.07) is 15.1. The van der Waals surface area contributed by atoms with Gasteiger partial charge < -0.3 is 34.7 Å². The molecule has 0 bridgehead atoms. The molecule has 0 saturated carbocycles. The van der Waals surface area contributed by atoms with Crippen LogP contribution < -0.4 is 15.4 Å². The van der Waals surface area contributed by atoms with Gasteiger partial charge in [0.05, 0.1) is 37.4 Å². The number of carbonyl (C=O) groups excluding carboxylic acids is 2. The van der Waals surface area contributed by atoms with Gasteiger partial charge in [-0.2, -0.15) is 13.2 Å². The number of alkyl halides is 3. The molecular formula is C29H32ClF3N2O7. The molecule has 0 aliphatic carbocycles. The van der Waals surface area contributed by atoms with Gasteiger partial charge >= 0.3 is 18.1 Å². The monoisotopic (exact) mass is 612 g/mol. The minimum absolute atomic E-state index is 0.00287. The molecular weight excluding hydrogens is 581 g/mol. The number of carbonyl (C=O) groups is 2. The molecule has 0 fully saturated rings. The second-order valence-electron chi connectivity index (χ2n) is 9.13. The van der Waals surface area contributed by atoms with E-state index in [4.69, 9.17) is 25.8 Å². The van der Waals surface area contributed by atoms with E-state index in [1.165, 1.54) is 25.1 Å². The zero-order chi connectivity index (χ0) is 30.7. The van der Waals surface area contributed by atoms with Crippen molar-refractivity contribution >= 4 is 23.5 Å². The van der Waals surface area contributed by atoms with Gasteiger partial charge in [-0.15, -0.1) is 0 Å². The Balaban J connectivity index is 1.55. The summed E-state index contributed by atoms with van der Waals surface area (Å²) < 4.78 is 62.8. The van der Waals surface area contributed by atoms with Crippen LogP contribution in [0, 0.1) is 0 Å². The predicted molar refractivity (Wildman–Crippen MR) is 148 cm³/mol. The van der Waals surface area contributed by atoms with Gasteiger partial charge in [0.15, 0.2) is 0 Å². The highest BCUT2D eigenvalue weighted by Gasteiger charge is 2.47. The van der Waals surface area contributed by atoms with Crippen LogP contribution in [0.2, 0.25) is 5.02 Å². The molecule has 3 N–H and O–H groups in total. The Morgan fingerprint density at radius 2 is 1.71 bits per heavy atom. The SMILES string of the molecule is COC(=O)C1=C(C(F)(F)F)NC(C)=C(C(=O)OCCOCCNCC(O)COc2ccccc2)C1c1ccccc1Cl. The first-order valence-corrected chi connectivity index (χ1v) is 13.4. The molecule has 1 aliphatic rings. The maximum Gasteiger partial charge on any atom is 0.431 e. The first-order valence-electron chi connectivity index (χ1n) is 13.0. The molecule has 2 aromatic rings. The van der Waals surface area contributed by atoms with Crippen LogP contribution in [0.15, 0.2) is 77.1 Å². The highest BCUT2D eigenvalue weighted by Crippen LogP contribution is 2.45. The van der Waals surface area contributed by atoms with Gasteiger partial charge in [-0.3, -0.25) is 0 Å². The normalized spacial score (nSPS) is 16.1. The third-order valence-corrected chi connectivity index (χ3v) is 6.48. The second kappa shape index (κ2) is 15.6. The van der Waals surface area contributed by atoms with Crippen molar-refractivity contribution in [2.45, 2.75) is 25.1 Å². The van der Waals surface area contributed by atoms with Crippen molar-refractivity contribution in [2.24, 2.45) is 0 Å². The number of para-hydroxylation sites is 1. The van der Waals surface area contributed by atoms with E-state index in [0.717, 1.165) is 7.11 Å². The first kappa shape index (κ1) is 32.9. The number of hydrogen-bond donors (Lipinski definition) is 3. The van der Waals surface area contributed by atoms with E-state index in [0.29, 0.717) is 12.3 Å². The highest BCUT2D eigenvalue weighted by molar-refractivity contribution is 6.31. The Bertz CT molecular complexity index is 1290. The Labute approximate surface area is 246 Å². The summed E-state index contributed by atoms with van der Waals surface area (Å²) in [5.41, 5.74) is -2.42. The van der Waals surface area contributed by atoms with Crippen LogP contribution in [0.25, 0.3) is 0 Å². The Morgan fingerprint density at radius 3 is 2.38 bits per heavy atom. The molecule has 0 amide bonds. The lowest BCUT2D eigenvalue weighted by Gasteiger charge is -2.32. The van der Waals surface area contributed by atoms with E-state index in [2.05, 4.69) is 15.4 Å². The minimum Gasteiger partial charge on any atom is -0.491 e. The topological polar surface area (TPSA) is 115 Å². The van der Waals surface area contributed by atoms with E-state index in [9.17, 15) is 27.9 Å². The smallest absolute Gasteiger partial charge is 0.431 e. The van der Waals surface area contributed by atoms with E-state index in [1.807, 2.05) is 18.2 Å². The van der Waals surface area contributed by atoms with Crippen molar-refractivity contribution in [1.82, 2.24) is 10.6 Å². The number of dihydropyridines is 1. The largest absolute Gasteiger partial charge is 0.491 e. The van der Waals surface area contributed by atoms with Gasteiger partial charge in [0, 0.05) is 23.8 Å². The predicted octanol–water partition coefficient (Wildman–Crippen LogP) is 3.88. The summed E-state index contributed by atoms with van der Waals surface area (Å²) in [7, 11) is 0.946. The number of methoxy groups -OCH3 is 1. The van der Waals surface area contributed by atoms with Gasteiger partial charge in [-0.1, -0.05) is 48.0 Å². The number of allylic oxidation sites excluding steroid dienone is 2. The maximum atomic E-state index is 14.0. The van der Waals surface area contributed by atoms with Gasteiger partial charge in [0.25, 0.3) is 0 Å². The lowest BCUT2D eigenvalue weighted by atomic mass is 9.80. The summed E-state index contributed by atoms with van der Waals surface area (Å²) in [6.07, 6.45) is -5.69. The highest BCUT2D eigenvalue weighted by atomic mass is 35.5. The van der Waals surface area contributed by atoms with Crippen molar-refractivity contribution in [3.8, 4) is 5.75 Å². The van der Waals surface area contributed by atoms with Crippen LogP contribution in [-0.2, 0) is 23.8 Å². The lowest BCUT2D eigenvalue weighted by Crippen LogP contribution is -2.38. The van der Waals surface area contributed by atoms with E-state index in [-0.39, 0.29) is 54.8 Å². The standard InChI is InChI=1S/C29H32ClF3N2O7/c1-18-23(24(21-10-6-7-11-22(21)30)25(27(37)39-2)26(35-18)29(31,32)33)28(38)41-15-14-40-13-12-34-16-19(36)17-42-20-8-4-3-5-9-20/h3-11,19,24,34-36H,12-17H2,1-2H3. The average molecular weight is 613 g/mol. The second-order valence-corrected chi connectivity index (χ2v) is 9.53. The van der Waals surface area contributed by atoms with Crippen LogP contribution >= 0.6 is 11.6 Å². The summed E-state index contributed by atoms with van der Waals surface area (Å²) in [6.45, 7) is 2.09. The summed E-state index contributed by atoms with van der Waals surface area (Å²) in [4.78, 5) is 25.8. The van der Waals surface area contributed by atoms with Crippen LogP contribution in [0.1, 0.15) is 18.4 Å². The van der Waals surface area contributed by atoms with Crippen molar-refractivity contribution in [2.75, 3.05) is 46.6 Å². The zero-order valence-electron chi connectivity index (χ0n) is 23.0. The fraction of sp³-hybridized carbons (Fsp3) is 0.379. The minimum atomic E-state index is -4.95. The molecule has 2 unspecified atom stereocenters. The Morgan fingerprint density at radius 1 is 1.02 bits per heavy atom. The average Bonchev–Trinajstić information content (AvgIpc) is 2.96. The molecule has 13 heteroatoms. The molecule has 42 heavy (non-hydrogen) atoms. The first-order chi connectivity index (χ1) is 20.0. The van der Waals surface area contributed by atoms with Crippen molar-refractivity contribution in [1.29, 1.82) is 0 Å². The molecule has 2 aromatic carbocycles. The van der Waals surface area contributed by atoms with Gasteiger partial charge in [-0.05, 0) is 30.7 Å². The zero-order valence-corrected chi connectivity index (χ0v) is 23.8. The lowest BCUT2D eigenvalue weighted by molar-refractivity contribution is -0.141. The molecule has 0 spiro atoms. The number of aliphatic hydroxyl groups excluding tert-OH is 1. The van der Waals surface area contributed by atoms with Crippen LogP contribution in [0.4, 0.5) is 13.2 Å². The quantitative estimate of drug-likeness (QED) is 0.216. The van der Waals surface area contributed by atoms with Crippen LogP contribution in [-0.4, -0.2) is 76.0 Å². The molecule has 1 aliphatic heterocycles. The Kier molecular flexibility index (Phi) is 12.2. The number of nitrogens with one attached hydrogen (secondary N) is 2. The molecule has 0 saturated heterocycles. The molecule has 0 radical (unpaired) electrons. The molecule has 0 aromatic heterocycles. The third-order valence-electron chi connectivity index (χ3n) is 6.14. The van der Waals surface area contributed by atoms with Crippen LogP contribution in [0.3, 0.4) is 0 Å². The fourth-order valence-corrected chi connectivity index (χ4v) is 4.47. The number of hydrogen-bond acceptors (Lipinski definition) is 9. The van der Waals surface area contributed by atoms with Gasteiger partial charge in [0.1, 0.15) is 30.8 Å². The Hall–Kier alpha value is -3.58. The summed E-state index contributed by atoms with van der Waals surface area (Å²) in [5.74, 6) is -3.07. The number of esters is 2. The van der Waals surface area contributed by atoms with Crippen molar-refractivity contribution in [3.63, 3.8) is 0 Å². The molecule has 228 valence electrons. The number of halogens is 4. The van der Waals surface area contributed by atoms with Crippen molar-refractivity contribution < 1.29 is 46.8 Å². The fourth-order valence-electron chi connectivity index (χ4n) is 4.23.